The summed E-state index contributed by atoms with van der Waals surface area (Å²) in [6, 6.07) is 7.02. The topological polar surface area (TPSA) is 35.5 Å². The van der Waals surface area contributed by atoms with Crippen LogP contribution in [0.1, 0.15) is 44.0 Å². The number of benzene rings is 1. The van der Waals surface area contributed by atoms with Crippen LogP contribution in [0.4, 0.5) is 0 Å². The van der Waals surface area contributed by atoms with E-state index in [0.717, 1.165) is 18.6 Å². The molecule has 0 heterocycles. The van der Waals surface area contributed by atoms with Crippen molar-refractivity contribution >= 4 is 5.97 Å². The highest BCUT2D eigenvalue weighted by atomic mass is 16.5. The van der Waals surface area contributed by atoms with Gasteiger partial charge in [-0.1, -0.05) is 20.8 Å². The largest absolute Gasteiger partial charge is 0.494 e. The summed E-state index contributed by atoms with van der Waals surface area (Å²) in [5.74, 6) is 0.464. The van der Waals surface area contributed by atoms with Crippen LogP contribution in [0, 0.1) is 5.41 Å². The molecule has 0 fully saturated rings. The first-order valence-corrected chi connectivity index (χ1v) is 6.23. The lowest BCUT2D eigenvalue weighted by atomic mass is 9.91. The van der Waals surface area contributed by atoms with Crippen LogP contribution >= 0.6 is 0 Å². The van der Waals surface area contributed by atoms with Gasteiger partial charge in [-0.25, -0.2) is 4.79 Å². The fourth-order valence-electron chi connectivity index (χ4n) is 1.60. The summed E-state index contributed by atoms with van der Waals surface area (Å²) in [6.07, 6.45) is 2.16. The van der Waals surface area contributed by atoms with Crippen LogP contribution in [0.25, 0.3) is 0 Å². The van der Waals surface area contributed by atoms with Gasteiger partial charge in [0.05, 0.1) is 19.3 Å². The molecule has 1 rings (SSSR count). The predicted molar refractivity (Wildman–Crippen MR) is 72.0 cm³/mol. The molecule has 0 saturated heterocycles. The molecule has 0 amide bonds. The Hall–Kier alpha value is -1.51. The highest BCUT2D eigenvalue weighted by Gasteiger charge is 2.09. The van der Waals surface area contributed by atoms with Gasteiger partial charge in [-0.2, -0.15) is 0 Å². The lowest BCUT2D eigenvalue weighted by Gasteiger charge is -2.17. The molecule has 3 nitrogen and oxygen atoms in total. The van der Waals surface area contributed by atoms with Crippen molar-refractivity contribution in [2.75, 3.05) is 13.7 Å². The molecular formula is C15H22O3. The zero-order valence-electron chi connectivity index (χ0n) is 11.7. The third-order valence-electron chi connectivity index (χ3n) is 2.62. The molecule has 1 aromatic rings. The normalized spacial score (nSPS) is 11.1. The third-order valence-corrected chi connectivity index (χ3v) is 2.62. The Kier molecular flexibility index (Phi) is 5.20. The van der Waals surface area contributed by atoms with Gasteiger partial charge in [0.1, 0.15) is 5.75 Å². The van der Waals surface area contributed by atoms with Crippen LogP contribution in [-0.4, -0.2) is 19.7 Å². The summed E-state index contributed by atoms with van der Waals surface area (Å²) in [5, 5.41) is 0. The molecule has 100 valence electrons. The molecule has 0 aliphatic rings. The van der Waals surface area contributed by atoms with Crippen molar-refractivity contribution in [2.45, 2.75) is 33.6 Å². The van der Waals surface area contributed by atoms with Crippen LogP contribution in [0.3, 0.4) is 0 Å². The molecule has 0 spiro atoms. The minimum atomic E-state index is -0.325. The first-order valence-electron chi connectivity index (χ1n) is 6.23. The molecule has 0 unspecified atom stereocenters. The minimum Gasteiger partial charge on any atom is -0.494 e. The molecule has 0 radical (unpaired) electrons. The molecule has 18 heavy (non-hydrogen) atoms. The Bertz CT molecular complexity index is 374. The smallest absolute Gasteiger partial charge is 0.337 e. The molecule has 0 aromatic heterocycles. The molecule has 0 aliphatic heterocycles. The maximum absolute atomic E-state index is 11.2. The van der Waals surface area contributed by atoms with E-state index in [4.69, 9.17) is 4.74 Å². The van der Waals surface area contributed by atoms with Crippen molar-refractivity contribution in [2.24, 2.45) is 5.41 Å². The second-order valence-electron chi connectivity index (χ2n) is 5.53. The second kappa shape index (κ2) is 6.43. The molecule has 0 atom stereocenters. The lowest BCUT2D eigenvalue weighted by Crippen LogP contribution is -2.08. The summed E-state index contributed by atoms with van der Waals surface area (Å²) in [5.41, 5.74) is 0.887. The maximum Gasteiger partial charge on any atom is 0.337 e. The predicted octanol–water partition coefficient (Wildman–Crippen LogP) is 3.68. The third kappa shape index (κ3) is 5.21. The summed E-state index contributed by atoms with van der Waals surface area (Å²) in [7, 11) is 1.37. The van der Waals surface area contributed by atoms with Crippen LogP contribution in [0.2, 0.25) is 0 Å². The van der Waals surface area contributed by atoms with E-state index in [0.29, 0.717) is 17.6 Å². The number of hydrogen-bond acceptors (Lipinski definition) is 3. The first kappa shape index (κ1) is 14.6. The number of esters is 1. The summed E-state index contributed by atoms with van der Waals surface area (Å²) < 4.78 is 10.3. The number of ether oxygens (including phenoxy) is 2. The number of carbonyl (C=O) groups is 1. The molecule has 3 heteroatoms. The minimum absolute atomic E-state index is 0.325. The van der Waals surface area contributed by atoms with Crippen LogP contribution in [-0.2, 0) is 4.74 Å². The van der Waals surface area contributed by atoms with E-state index < -0.39 is 0 Å². The monoisotopic (exact) mass is 250 g/mol. The van der Waals surface area contributed by atoms with E-state index in [-0.39, 0.29) is 5.97 Å². The zero-order valence-corrected chi connectivity index (χ0v) is 11.7. The SMILES string of the molecule is COC(=O)c1ccc(OCCCC(C)(C)C)cc1. The van der Waals surface area contributed by atoms with Crippen molar-refractivity contribution in [1.29, 1.82) is 0 Å². The van der Waals surface area contributed by atoms with E-state index in [1.807, 2.05) is 0 Å². The van der Waals surface area contributed by atoms with E-state index in [1.165, 1.54) is 7.11 Å². The van der Waals surface area contributed by atoms with E-state index in [9.17, 15) is 4.79 Å². The van der Waals surface area contributed by atoms with Gasteiger partial charge in [0, 0.05) is 0 Å². The average Bonchev–Trinajstić information content (AvgIpc) is 2.33. The Morgan fingerprint density at radius 2 is 1.78 bits per heavy atom. The van der Waals surface area contributed by atoms with Gasteiger partial charge in [0.25, 0.3) is 0 Å². The number of methoxy groups -OCH3 is 1. The van der Waals surface area contributed by atoms with Gasteiger partial charge in [0.2, 0.25) is 0 Å². The van der Waals surface area contributed by atoms with Gasteiger partial charge in [-0.05, 0) is 42.5 Å². The number of hydrogen-bond donors (Lipinski definition) is 0. The molecule has 0 saturated carbocycles. The molecular weight excluding hydrogens is 228 g/mol. The maximum atomic E-state index is 11.2. The van der Waals surface area contributed by atoms with E-state index >= 15 is 0 Å². The molecule has 1 aromatic carbocycles. The summed E-state index contributed by atoms with van der Waals surface area (Å²) >= 11 is 0. The number of rotatable bonds is 5. The van der Waals surface area contributed by atoms with Gasteiger partial charge in [0.15, 0.2) is 0 Å². The molecule has 0 N–H and O–H groups in total. The quantitative estimate of drug-likeness (QED) is 0.590. The van der Waals surface area contributed by atoms with Gasteiger partial charge >= 0.3 is 5.97 Å². The highest BCUT2D eigenvalue weighted by molar-refractivity contribution is 5.89. The van der Waals surface area contributed by atoms with Crippen LogP contribution in [0.15, 0.2) is 24.3 Å². The van der Waals surface area contributed by atoms with Crippen molar-refractivity contribution in [3.05, 3.63) is 29.8 Å². The first-order chi connectivity index (χ1) is 8.42. The fourth-order valence-corrected chi connectivity index (χ4v) is 1.60. The number of carbonyl (C=O) groups excluding carboxylic acids is 1. The Morgan fingerprint density at radius 1 is 1.17 bits per heavy atom. The standard InChI is InChI=1S/C15H22O3/c1-15(2,3)10-5-11-18-13-8-6-12(7-9-13)14(16)17-4/h6-9H,5,10-11H2,1-4H3. The highest BCUT2D eigenvalue weighted by Crippen LogP contribution is 2.21. The van der Waals surface area contributed by atoms with E-state index in [2.05, 4.69) is 25.5 Å². The molecule has 0 aliphatic carbocycles. The zero-order chi connectivity index (χ0) is 13.6. The fraction of sp³-hybridized carbons (Fsp3) is 0.533. The Labute approximate surface area is 109 Å². The van der Waals surface area contributed by atoms with Crippen molar-refractivity contribution in [1.82, 2.24) is 0 Å². The summed E-state index contributed by atoms with van der Waals surface area (Å²) in [4.78, 5) is 11.2. The van der Waals surface area contributed by atoms with Crippen molar-refractivity contribution in [3.63, 3.8) is 0 Å². The summed E-state index contributed by atoms with van der Waals surface area (Å²) in [6.45, 7) is 7.36. The lowest BCUT2D eigenvalue weighted by molar-refractivity contribution is 0.0600. The second-order valence-corrected chi connectivity index (χ2v) is 5.53. The van der Waals surface area contributed by atoms with Crippen LogP contribution < -0.4 is 4.74 Å². The molecule has 0 bridgehead atoms. The van der Waals surface area contributed by atoms with Crippen LogP contribution in [0.5, 0.6) is 5.75 Å². The Balaban J connectivity index is 2.38. The van der Waals surface area contributed by atoms with Gasteiger partial charge in [-0.3, -0.25) is 0 Å². The van der Waals surface area contributed by atoms with Gasteiger partial charge < -0.3 is 9.47 Å². The van der Waals surface area contributed by atoms with Crippen molar-refractivity contribution < 1.29 is 14.3 Å². The van der Waals surface area contributed by atoms with Crippen molar-refractivity contribution in [3.8, 4) is 5.75 Å². The average molecular weight is 250 g/mol. The van der Waals surface area contributed by atoms with Gasteiger partial charge in [-0.15, -0.1) is 0 Å². The Morgan fingerprint density at radius 3 is 2.28 bits per heavy atom. The van der Waals surface area contributed by atoms with E-state index in [1.54, 1.807) is 24.3 Å².